The van der Waals surface area contributed by atoms with Gasteiger partial charge in [0.25, 0.3) is 5.56 Å². The Bertz CT molecular complexity index is 1570. The molecule has 0 radical (unpaired) electrons. The Kier molecular flexibility index (Phi) is 3.79. The van der Waals surface area contributed by atoms with Crippen molar-refractivity contribution in [2.45, 2.75) is 13.8 Å². The smallest absolute Gasteiger partial charge is 0.279 e. The SMILES string of the molecule is Cc1ccc(-n2c(-c3ccc(F)cc3)cn3c4c(=O)[nH]c(=O)n(C)c4nc23)c(C)c1. The maximum absolute atomic E-state index is 13.5. The second kappa shape index (κ2) is 6.28. The number of H-pyrrole nitrogens is 1. The van der Waals surface area contributed by atoms with Gasteiger partial charge in [-0.05, 0) is 49.7 Å². The Morgan fingerprint density at radius 2 is 1.77 bits per heavy atom. The average Bonchev–Trinajstić information content (AvgIpc) is 3.24. The van der Waals surface area contributed by atoms with Crippen LogP contribution >= 0.6 is 0 Å². The normalized spacial score (nSPS) is 11.6. The van der Waals surface area contributed by atoms with Gasteiger partial charge in [-0.2, -0.15) is 4.98 Å². The summed E-state index contributed by atoms with van der Waals surface area (Å²) in [4.78, 5) is 31.6. The molecule has 30 heavy (non-hydrogen) atoms. The molecular formula is C22H18FN5O2. The molecule has 5 rings (SSSR count). The Morgan fingerprint density at radius 1 is 1.03 bits per heavy atom. The summed E-state index contributed by atoms with van der Waals surface area (Å²) in [7, 11) is 1.56. The van der Waals surface area contributed by atoms with E-state index in [1.807, 2.05) is 30.5 Å². The molecule has 0 atom stereocenters. The number of nitrogens with one attached hydrogen (secondary N) is 1. The minimum absolute atomic E-state index is 0.277. The molecule has 0 spiro atoms. The first-order valence-corrected chi connectivity index (χ1v) is 9.41. The fourth-order valence-electron chi connectivity index (χ4n) is 3.88. The first-order chi connectivity index (χ1) is 14.3. The Morgan fingerprint density at radius 3 is 2.47 bits per heavy atom. The molecule has 8 heteroatoms. The predicted molar refractivity (Wildman–Crippen MR) is 113 cm³/mol. The van der Waals surface area contributed by atoms with Crippen molar-refractivity contribution in [1.82, 2.24) is 23.5 Å². The molecule has 2 aromatic carbocycles. The quantitative estimate of drug-likeness (QED) is 0.492. The van der Waals surface area contributed by atoms with Crippen molar-refractivity contribution in [3.63, 3.8) is 0 Å². The van der Waals surface area contributed by atoms with E-state index in [1.165, 1.54) is 16.7 Å². The number of halogens is 1. The molecule has 7 nitrogen and oxygen atoms in total. The van der Waals surface area contributed by atoms with E-state index in [-0.39, 0.29) is 11.3 Å². The summed E-state index contributed by atoms with van der Waals surface area (Å²) in [6.45, 7) is 4.01. The van der Waals surface area contributed by atoms with Gasteiger partial charge in [0, 0.05) is 18.8 Å². The summed E-state index contributed by atoms with van der Waals surface area (Å²) < 4.78 is 18.4. The lowest BCUT2D eigenvalue weighted by Gasteiger charge is -2.12. The van der Waals surface area contributed by atoms with Gasteiger partial charge in [0.1, 0.15) is 5.82 Å². The minimum atomic E-state index is -0.523. The summed E-state index contributed by atoms with van der Waals surface area (Å²) in [5.74, 6) is 0.160. The molecule has 3 heterocycles. The number of aryl methyl sites for hydroxylation is 3. The summed E-state index contributed by atoms with van der Waals surface area (Å²) in [5, 5.41) is 0. The fourth-order valence-corrected chi connectivity index (χ4v) is 3.88. The molecule has 150 valence electrons. The lowest BCUT2D eigenvalue weighted by atomic mass is 10.1. The van der Waals surface area contributed by atoms with Crippen molar-refractivity contribution in [1.29, 1.82) is 0 Å². The van der Waals surface area contributed by atoms with Crippen LogP contribution in [0.1, 0.15) is 11.1 Å². The zero-order chi connectivity index (χ0) is 21.2. The van der Waals surface area contributed by atoms with Crippen LogP contribution in [0.3, 0.4) is 0 Å². The van der Waals surface area contributed by atoms with Crippen LogP contribution in [0.5, 0.6) is 0 Å². The minimum Gasteiger partial charge on any atom is -0.279 e. The Labute approximate surface area is 169 Å². The molecule has 0 aliphatic heterocycles. The van der Waals surface area contributed by atoms with Crippen LogP contribution in [0.15, 0.2) is 58.3 Å². The van der Waals surface area contributed by atoms with Crippen LogP contribution < -0.4 is 11.2 Å². The standard InChI is InChI=1S/C22H18FN5O2/c1-12-4-9-16(13(2)10-12)28-17(14-5-7-15(23)8-6-14)11-27-18-19(24-21(27)28)26(3)22(30)25-20(18)29/h4-11H,1-3H3,(H,25,29,30). The topological polar surface area (TPSA) is 77.1 Å². The summed E-state index contributed by atoms with van der Waals surface area (Å²) in [5.41, 5.74) is 4.08. The van der Waals surface area contributed by atoms with Gasteiger partial charge in [-0.1, -0.05) is 17.7 Å². The van der Waals surface area contributed by atoms with Crippen molar-refractivity contribution < 1.29 is 4.39 Å². The van der Waals surface area contributed by atoms with E-state index in [9.17, 15) is 14.0 Å². The van der Waals surface area contributed by atoms with Gasteiger partial charge in [0.15, 0.2) is 11.2 Å². The average molecular weight is 403 g/mol. The van der Waals surface area contributed by atoms with Crippen LogP contribution in [0.2, 0.25) is 0 Å². The van der Waals surface area contributed by atoms with Crippen molar-refractivity contribution in [2.24, 2.45) is 7.05 Å². The van der Waals surface area contributed by atoms with Gasteiger partial charge in [0.2, 0.25) is 5.78 Å². The van der Waals surface area contributed by atoms with Crippen LogP contribution in [-0.4, -0.2) is 23.5 Å². The lowest BCUT2D eigenvalue weighted by molar-refractivity contribution is 0.628. The lowest BCUT2D eigenvalue weighted by Crippen LogP contribution is -2.28. The number of aromatic amines is 1. The zero-order valence-electron chi connectivity index (χ0n) is 16.6. The van der Waals surface area contributed by atoms with Crippen molar-refractivity contribution in [3.8, 4) is 16.9 Å². The van der Waals surface area contributed by atoms with Crippen LogP contribution in [0, 0.1) is 19.7 Å². The molecular weight excluding hydrogens is 385 g/mol. The number of hydrogen-bond acceptors (Lipinski definition) is 3. The van der Waals surface area contributed by atoms with Crippen molar-refractivity contribution in [3.05, 3.63) is 86.4 Å². The Hall–Kier alpha value is -3.94. The molecule has 0 saturated carbocycles. The molecule has 1 N–H and O–H groups in total. The third-order valence-electron chi connectivity index (χ3n) is 5.36. The number of benzene rings is 2. The number of fused-ring (bicyclic) bond motifs is 3. The number of aromatic nitrogens is 5. The highest BCUT2D eigenvalue weighted by Crippen LogP contribution is 2.30. The van der Waals surface area contributed by atoms with Gasteiger partial charge >= 0.3 is 5.69 Å². The van der Waals surface area contributed by atoms with Gasteiger partial charge in [-0.3, -0.25) is 23.3 Å². The van der Waals surface area contributed by atoms with E-state index in [4.69, 9.17) is 0 Å². The maximum Gasteiger partial charge on any atom is 0.329 e. The maximum atomic E-state index is 13.5. The monoisotopic (exact) mass is 403 g/mol. The highest BCUT2D eigenvalue weighted by Gasteiger charge is 2.21. The van der Waals surface area contributed by atoms with E-state index in [0.29, 0.717) is 11.4 Å². The molecule has 0 aliphatic rings. The number of rotatable bonds is 2. The molecule has 0 aliphatic carbocycles. The van der Waals surface area contributed by atoms with Gasteiger partial charge < -0.3 is 0 Å². The first-order valence-electron chi connectivity index (χ1n) is 9.41. The second-order valence-corrected chi connectivity index (χ2v) is 7.42. The van der Waals surface area contributed by atoms with Gasteiger partial charge in [-0.15, -0.1) is 0 Å². The van der Waals surface area contributed by atoms with Crippen molar-refractivity contribution >= 4 is 16.9 Å². The third-order valence-corrected chi connectivity index (χ3v) is 5.36. The van der Waals surface area contributed by atoms with Crippen molar-refractivity contribution in [2.75, 3.05) is 0 Å². The summed E-state index contributed by atoms with van der Waals surface area (Å²) in [6, 6.07) is 12.2. The van der Waals surface area contributed by atoms with Crippen LogP contribution in [0.25, 0.3) is 33.9 Å². The molecule has 0 saturated heterocycles. The number of hydrogen-bond donors (Lipinski definition) is 1. The van der Waals surface area contributed by atoms with E-state index >= 15 is 0 Å². The second-order valence-electron chi connectivity index (χ2n) is 7.42. The summed E-state index contributed by atoms with van der Waals surface area (Å²) in [6.07, 6.45) is 1.79. The van der Waals surface area contributed by atoms with Crippen LogP contribution in [0.4, 0.5) is 4.39 Å². The van der Waals surface area contributed by atoms with Gasteiger partial charge in [-0.25, -0.2) is 9.18 Å². The Balaban J connectivity index is 1.96. The summed E-state index contributed by atoms with van der Waals surface area (Å²) >= 11 is 0. The van der Waals surface area contributed by atoms with E-state index in [2.05, 4.69) is 16.0 Å². The molecule has 0 bridgehead atoms. The largest absolute Gasteiger partial charge is 0.329 e. The van der Waals surface area contributed by atoms with E-state index in [1.54, 1.807) is 29.8 Å². The number of imidazole rings is 2. The molecule has 0 unspecified atom stereocenters. The first kappa shape index (κ1) is 18.1. The van der Waals surface area contributed by atoms with Crippen LogP contribution in [-0.2, 0) is 7.05 Å². The zero-order valence-corrected chi connectivity index (χ0v) is 16.6. The van der Waals surface area contributed by atoms with E-state index < -0.39 is 11.2 Å². The molecule has 3 aromatic heterocycles. The molecule has 0 amide bonds. The highest BCUT2D eigenvalue weighted by molar-refractivity contribution is 5.79. The molecule has 5 aromatic rings. The fraction of sp³-hybridized carbons (Fsp3) is 0.136. The third kappa shape index (κ3) is 2.53. The number of nitrogens with zero attached hydrogens (tertiary/aromatic N) is 4. The predicted octanol–water partition coefficient (Wildman–Crippen LogP) is 3.09. The highest BCUT2D eigenvalue weighted by atomic mass is 19.1. The van der Waals surface area contributed by atoms with E-state index in [0.717, 1.165) is 28.1 Å². The molecule has 0 fully saturated rings. The van der Waals surface area contributed by atoms with Gasteiger partial charge in [0.05, 0.1) is 11.4 Å².